The molecule has 3 unspecified atom stereocenters. The smallest absolute Gasteiger partial charge is 0.222 e. The quantitative estimate of drug-likeness (QED) is 0.505. The summed E-state index contributed by atoms with van der Waals surface area (Å²) in [5, 5.41) is 3.18. The van der Waals surface area contributed by atoms with Gasteiger partial charge in [0.25, 0.3) is 0 Å². The lowest BCUT2D eigenvalue weighted by Gasteiger charge is -2.36. The molecular weight excluding hydrogens is 443 g/mol. The van der Waals surface area contributed by atoms with Gasteiger partial charge in [-0.1, -0.05) is 0 Å². The van der Waals surface area contributed by atoms with Gasteiger partial charge in [0.2, 0.25) is 5.95 Å². The summed E-state index contributed by atoms with van der Waals surface area (Å²) >= 11 is 0. The second-order valence-corrected chi connectivity index (χ2v) is 8.98. The summed E-state index contributed by atoms with van der Waals surface area (Å²) in [5.74, 6) is -0.941. The van der Waals surface area contributed by atoms with Crippen LogP contribution < -0.4 is 5.32 Å². The van der Waals surface area contributed by atoms with E-state index in [2.05, 4.69) is 20.2 Å². The highest BCUT2D eigenvalue weighted by Crippen LogP contribution is 2.27. The van der Waals surface area contributed by atoms with Gasteiger partial charge in [-0.15, -0.1) is 0 Å². The fraction of sp³-hybridized carbons (Fsp3) is 0.440. The van der Waals surface area contributed by atoms with Crippen molar-refractivity contribution in [3.8, 4) is 16.9 Å². The Balaban J connectivity index is 1.50. The van der Waals surface area contributed by atoms with Crippen LogP contribution in [0.1, 0.15) is 24.5 Å². The molecule has 1 saturated heterocycles. The number of nitrogens with zero attached hydrogens (tertiary/aromatic N) is 4. The number of aryl methyl sites for hydroxylation is 2. The molecule has 3 atom stereocenters. The number of aromatic nitrogens is 3. The molecule has 1 aromatic carbocycles. The van der Waals surface area contributed by atoms with E-state index in [1.54, 1.807) is 50.2 Å². The second kappa shape index (κ2) is 10.1. The Hall–Kier alpha value is -2.91. The van der Waals surface area contributed by atoms with Gasteiger partial charge >= 0.3 is 0 Å². The predicted octanol–water partition coefficient (Wildman–Crippen LogP) is 4.69. The standard InChI is InChI=1S/C25H30F3N5O/c1-15-8-24(16(2)7-20(15)26)33-13-23(30-14-33)19-9-18(10-29-25(19)28)31-22-5-6-32(12-21(22)27)11-17(3)34-4/h7-10,13-14,17,21-22,31H,5-6,11-12H2,1-4H3. The lowest BCUT2D eigenvalue weighted by atomic mass is 10.0. The summed E-state index contributed by atoms with van der Waals surface area (Å²) < 4.78 is 50.3. The molecule has 0 saturated carbocycles. The van der Waals surface area contributed by atoms with Crippen LogP contribution in [-0.4, -0.2) is 64.5 Å². The Morgan fingerprint density at radius 2 is 1.97 bits per heavy atom. The number of anilines is 1. The van der Waals surface area contributed by atoms with E-state index in [0.717, 1.165) is 17.8 Å². The summed E-state index contributed by atoms with van der Waals surface area (Å²) in [4.78, 5) is 10.2. The van der Waals surface area contributed by atoms with Crippen molar-refractivity contribution in [2.75, 3.05) is 32.1 Å². The number of halogens is 3. The first kappa shape index (κ1) is 24.2. The Morgan fingerprint density at radius 1 is 1.18 bits per heavy atom. The lowest BCUT2D eigenvalue weighted by molar-refractivity contribution is 0.0490. The van der Waals surface area contributed by atoms with E-state index in [-0.39, 0.29) is 17.5 Å². The van der Waals surface area contributed by atoms with E-state index >= 15 is 0 Å². The van der Waals surface area contributed by atoms with Crippen LogP contribution in [0.15, 0.2) is 36.9 Å². The summed E-state index contributed by atoms with van der Waals surface area (Å²) in [6.45, 7) is 7.20. The molecule has 3 heterocycles. The zero-order valence-electron chi connectivity index (χ0n) is 19.9. The molecule has 0 aliphatic carbocycles. The molecule has 0 spiro atoms. The van der Waals surface area contributed by atoms with Crippen LogP contribution in [0.25, 0.3) is 16.9 Å². The second-order valence-electron chi connectivity index (χ2n) is 8.98. The fourth-order valence-corrected chi connectivity index (χ4v) is 4.29. The van der Waals surface area contributed by atoms with Crippen LogP contribution >= 0.6 is 0 Å². The number of benzene rings is 1. The van der Waals surface area contributed by atoms with E-state index in [1.807, 2.05) is 6.92 Å². The number of nitrogens with one attached hydrogen (secondary N) is 1. The van der Waals surface area contributed by atoms with Crippen molar-refractivity contribution in [3.63, 3.8) is 0 Å². The summed E-state index contributed by atoms with van der Waals surface area (Å²) in [6, 6.07) is 4.40. The van der Waals surface area contributed by atoms with Crippen LogP contribution in [-0.2, 0) is 4.74 Å². The van der Waals surface area contributed by atoms with Gasteiger partial charge in [-0.3, -0.25) is 4.90 Å². The van der Waals surface area contributed by atoms with Gasteiger partial charge in [-0.25, -0.2) is 18.7 Å². The molecule has 34 heavy (non-hydrogen) atoms. The van der Waals surface area contributed by atoms with Crippen LogP contribution in [0.3, 0.4) is 0 Å². The van der Waals surface area contributed by atoms with Gasteiger partial charge in [0, 0.05) is 38.6 Å². The summed E-state index contributed by atoms with van der Waals surface area (Å²) in [7, 11) is 1.65. The molecule has 3 aromatic rings. The largest absolute Gasteiger partial charge is 0.380 e. The van der Waals surface area contributed by atoms with Gasteiger partial charge in [0.1, 0.15) is 12.0 Å². The number of imidazole rings is 1. The average Bonchev–Trinajstić information content (AvgIpc) is 3.29. The van der Waals surface area contributed by atoms with Crippen LogP contribution in [0.5, 0.6) is 0 Å². The van der Waals surface area contributed by atoms with E-state index in [1.165, 1.54) is 12.3 Å². The minimum Gasteiger partial charge on any atom is -0.380 e. The Morgan fingerprint density at radius 3 is 2.71 bits per heavy atom. The molecule has 1 fully saturated rings. The van der Waals surface area contributed by atoms with Crippen LogP contribution in [0.2, 0.25) is 0 Å². The van der Waals surface area contributed by atoms with Crippen molar-refractivity contribution in [1.82, 2.24) is 19.4 Å². The van der Waals surface area contributed by atoms with Gasteiger partial charge in [0.15, 0.2) is 0 Å². The minimum absolute atomic E-state index is 0.0444. The zero-order chi connectivity index (χ0) is 24.4. The number of likely N-dealkylation sites (tertiary alicyclic amines) is 1. The Bertz CT molecular complexity index is 1150. The first-order valence-electron chi connectivity index (χ1n) is 11.4. The summed E-state index contributed by atoms with van der Waals surface area (Å²) in [6.07, 6.45) is 4.19. The van der Waals surface area contributed by atoms with Gasteiger partial charge in [-0.05, 0) is 56.5 Å². The number of ether oxygens (including phenoxy) is 1. The first-order valence-corrected chi connectivity index (χ1v) is 11.4. The molecule has 1 aliphatic rings. The topological polar surface area (TPSA) is 55.2 Å². The van der Waals surface area contributed by atoms with Crippen molar-refractivity contribution in [1.29, 1.82) is 0 Å². The van der Waals surface area contributed by atoms with Gasteiger partial charge < -0.3 is 14.6 Å². The average molecular weight is 474 g/mol. The number of pyridine rings is 1. The maximum atomic E-state index is 14.8. The van der Waals surface area contributed by atoms with Crippen LogP contribution in [0, 0.1) is 25.6 Å². The first-order chi connectivity index (χ1) is 16.2. The normalized spacial score (nSPS) is 19.9. The molecule has 4 rings (SSSR count). The third kappa shape index (κ3) is 5.26. The van der Waals surface area contributed by atoms with Gasteiger partial charge in [0.05, 0.1) is 41.6 Å². The van der Waals surface area contributed by atoms with Gasteiger partial charge in [-0.2, -0.15) is 4.39 Å². The SMILES string of the molecule is COC(C)CN1CCC(Nc2cnc(F)c(-c3cn(-c4cc(C)c(F)cc4C)cn3)c2)C(F)C1. The number of hydrogen-bond donors (Lipinski definition) is 1. The molecule has 1 aliphatic heterocycles. The molecule has 1 N–H and O–H groups in total. The number of alkyl halides is 1. The molecule has 6 nitrogen and oxygen atoms in total. The molecule has 182 valence electrons. The molecule has 0 amide bonds. The minimum atomic E-state index is -1.07. The summed E-state index contributed by atoms with van der Waals surface area (Å²) in [5.41, 5.74) is 3.14. The Labute approximate surface area is 197 Å². The highest BCUT2D eigenvalue weighted by Gasteiger charge is 2.30. The maximum Gasteiger partial charge on any atom is 0.222 e. The van der Waals surface area contributed by atoms with E-state index in [4.69, 9.17) is 4.74 Å². The van der Waals surface area contributed by atoms with Crippen molar-refractivity contribution in [2.24, 2.45) is 0 Å². The third-order valence-electron chi connectivity index (χ3n) is 6.35. The highest BCUT2D eigenvalue weighted by molar-refractivity contribution is 5.64. The lowest BCUT2D eigenvalue weighted by Crippen LogP contribution is -2.49. The van der Waals surface area contributed by atoms with Crippen molar-refractivity contribution < 1.29 is 17.9 Å². The van der Waals surface area contributed by atoms with E-state index < -0.39 is 18.2 Å². The van der Waals surface area contributed by atoms with Crippen molar-refractivity contribution in [2.45, 2.75) is 45.5 Å². The number of rotatable bonds is 7. The molecule has 0 bridgehead atoms. The monoisotopic (exact) mass is 473 g/mol. The maximum absolute atomic E-state index is 14.8. The number of hydrogen-bond acceptors (Lipinski definition) is 5. The van der Waals surface area contributed by atoms with Crippen molar-refractivity contribution in [3.05, 3.63) is 59.8 Å². The zero-order valence-corrected chi connectivity index (χ0v) is 19.9. The van der Waals surface area contributed by atoms with Crippen LogP contribution in [0.4, 0.5) is 18.9 Å². The van der Waals surface area contributed by atoms with E-state index in [0.29, 0.717) is 36.5 Å². The molecule has 2 aromatic heterocycles. The third-order valence-corrected chi connectivity index (χ3v) is 6.35. The fourth-order valence-electron chi connectivity index (χ4n) is 4.29. The predicted molar refractivity (Wildman–Crippen MR) is 126 cm³/mol. The Kier molecular flexibility index (Phi) is 7.23. The highest BCUT2D eigenvalue weighted by atomic mass is 19.1. The molecular formula is C25H30F3N5O. The molecule has 0 radical (unpaired) electrons. The van der Waals surface area contributed by atoms with E-state index in [9.17, 15) is 13.2 Å². The molecule has 9 heteroatoms. The number of methoxy groups -OCH3 is 1. The van der Waals surface area contributed by atoms with Crippen molar-refractivity contribution >= 4 is 5.69 Å². The number of piperidine rings is 1.